The lowest BCUT2D eigenvalue weighted by atomic mass is 9.79. The van der Waals surface area contributed by atoms with Crippen LogP contribution in [-0.4, -0.2) is 29.5 Å². The first-order valence-electron chi connectivity index (χ1n) is 6.85. The van der Waals surface area contributed by atoms with Gasteiger partial charge in [-0.2, -0.15) is 11.8 Å². The molecular weight excluding hydrogens is 259 g/mol. The predicted molar refractivity (Wildman–Crippen MR) is 81.0 cm³/mol. The Labute approximate surface area is 119 Å². The molecule has 1 aromatic rings. The van der Waals surface area contributed by atoms with Gasteiger partial charge in [0, 0.05) is 16.5 Å². The second-order valence-electron chi connectivity index (χ2n) is 5.02. The Kier molecular flexibility index (Phi) is 5.61. The van der Waals surface area contributed by atoms with Gasteiger partial charge in [0.2, 0.25) is 0 Å². The third-order valence-electron chi connectivity index (χ3n) is 3.61. The molecule has 0 bridgehead atoms. The van der Waals surface area contributed by atoms with Gasteiger partial charge in [0.05, 0.1) is 7.11 Å². The molecule has 1 saturated carbocycles. The minimum atomic E-state index is -1.48. The van der Waals surface area contributed by atoms with Crippen molar-refractivity contribution in [3.63, 3.8) is 0 Å². The van der Waals surface area contributed by atoms with Gasteiger partial charge in [-0.25, -0.2) is 0 Å². The van der Waals surface area contributed by atoms with Gasteiger partial charge in [-0.15, -0.1) is 0 Å². The summed E-state index contributed by atoms with van der Waals surface area (Å²) in [7, 11) is 0.0621. The highest BCUT2D eigenvalue weighted by Crippen LogP contribution is 2.30. The molecule has 1 fully saturated rings. The van der Waals surface area contributed by atoms with Crippen molar-refractivity contribution in [2.75, 3.05) is 7.11 Å². The van der Waals surface area contributed by atoms with Crippen LogP contribution in [0.2, 0.25) is 0 Å². The third kappa shape index (κ3) is 4.16. The monoisotopic (exact) mass is 280 g/mol. The fourth-order valence-electron chi connectivity index (χ4n) is 2.52. The Morgan fingerprint density at radius 1 is 1.26 bits per heavy atom. The molecule has 0 radical (unpaired) electrons. The normalized spacial score (nSPS) is 16.4. The minimum absolute atomic E-state index is 0.448. The van der Waals surface area contributed by atoms with Gasteiger partial charge in [-0.1, -0.05) is 31.4 Å². The van der Waals surface area contributed by atoms with Crippen LogP contribution in [0.3, 0.4) is 0 Å². The summed E-state index contributed by atoms with van der Waals surface area (Å²) >= 11 is 1.98. The Bertz CT molecular complexity index is 406. The summed E-state index contributed by atoms with van der Waals surface area (Å²) in [4.78, 5) is 0. The lowest BCUT2D eigenvalue weighted by Gasteiger charge is -2.21. The number of hydrogen-bond donors (Lipinski definition) is 2. The van der Waals surface area contributed by atoms with Crippen molar-refractivity contribution in [3.05, 3.63) is 23.8 Å². The van der Waals surface area contributed by atoms with E-state index in [2.05, 4.69) is 0 Å². The SMILES string of the molecule is COc1ccc(CSC2CCCCC2)cc1B(O)O. The average Bonchev–Trinajstić information content (AvgIpc) is 2.46. The van der Waals surface area contributed by atoms with E-state index >= 15 is 0 Å². The number of thioether (sulfide) groups is 1. The molecule has 5 heteroatoms. The molecule has 0 heterocycles. The minimum Gasteiger partial charge on any atom is -0.497 e. The predicted octanol–water partition coefficient (Wildman–Crippen LogP) is 1.94. The molecule has 2 N–H and O–H groups in total. The summed E-state index contributed by atoms with van der Waals surface area (Å²) in [6.07, 6.45) is 6.70. The second kappa shape index (κ2) is 7.22. The van der Waals surface area contributed by atoms with Gasteiger partial charge in [-0.05, 0) is 24.5 Å². The molecule has 19 heavy (non-hydrogen) atoms. The van der Waals surface area contributed by atoms with Crippen LogP contribution in [-0.2, 0) is 5.75 Å². The van der Waals surface area contributed by atoms with E-state index in [0.717, 1.165) is 16.6 Å². The van der Waals surface area contributed by atoms with E-state index in [1.807, 2.05) is 30.0 Å². The fourth-order valence-corrected chi connectivity index (χ4v) is 3.80. The van der Waals surface area contributed by atoms with Crippen molar-refractivity contribution < 1.29 is 14.8 Å². The topological polar surface area (TPSA) is 49.7 Å². The summed E-state index contributed by atoms with van der Waals surface area (Å²) < 4.78 is 5.13. The van der Waals surface area contributed by atoms with Gasteiger partial charge in [0.1, 0.15) is 5.75 Å². The Morgan fingerprint density at radius 3 is 2.63 bits per heavy atom. The number of hydrogen-bond acceptors (Lipinski definition) is 4. The first-order chi connectivity index (χ1) is 9.20. The molecule has 0 amide bonds. The van der Waals surface area contributed by atoms with Crippen LogP contribution in [0.15, 0.2) is 18.2 Å². The van der Waals surface area contributed by atoms with E-state index in [-0.39, 0.29) is 0 Å². The van der Waals surface area contributed by atoms with Crippen LogP contribution in [0.5, 0.6) is 5.75 Å². The van der Waals surface area contributed by atoms with Gasteiger partial charge in [0.15, 0.2) is 0 Å². The highest BCUT2D eigenvalue weighted by atomic mass is 32.2. The molecule has 2 rings (SSSR count). The molecule has 1 aliphatic carbocycles. The molecule has 0 unspecified atom stereocenters. The zero-order chi connectivity index (χ0) is 13.7. The third-order valence-corrected chi connectivity index (χ3v) is 5.05. The fraction of sp³-hybridized carbons (Fsp3) is 0.571. The van der Waals surface area contributed by atoms with Crippen molar-refractivity contribution in [2.45, 2.75) is 43.1 Å². The molecule has 3 nitrogen and oxygen atoms in total. The maximum Gasteiger partial charge on any atom is 0.492 e. The number of rotatable bonds is 5. The first-order valence-corrected chi connectivity index (χ1v) is 7.90. The van der Waals surface area contributed by atoms with E-state index in [9.17, 15) is 10.0 Å². The standard InChI is InChI=1S/C14H21BO3S/c1-18-14-8-7-11(9-13(14)15(16)17)10-19-12-5-3-2-4-6-12/h7-9,12,16-17H,2-6,10H2,1H3. The zero-order valence-corrected chi connectivity index (χ0v) is 12.2. The molecular formula is C14H21BO3S. The van der Waals surface area contributed by atoms with E-state index in [4.69, 9.17) is 4.74 Å². The summed E-state index contributed by atoms with van der Waals surface area (Å²) in [6, 6.07) is 5.64. The van der Waals surface area contributed by atoms with Crippen molar-refractivity contribution in [3.8, 4) is 5.75 Å². The van der Waals surface area contributed by atoms with E-state index in [1.54, 1.807) is 0 Å². The zero-order valence-electron chi connectivity index (χ0n) is 11.3. The summed E-state index contributed by atoms with van der Waals surface area (Å²) in [5, 5.41) is 19.5. The average molecular weight is 280 g/mol. The summed E-state index contributed by atoms with van der Waals surface area (Å²) in [5.41, 5.74) is 1.57. The van der Waals surface area contributed by atoms with Gasteiger partial charge in [0.25, 0.3) is 0 Å². The maximum absolute atomic E-state index is 9.35. The van der Waals surface area contributed by atoms with E-state index in [0.29, 0.717) is 11.2 Å². The lowest BCUT2D eigenvalue weighted by molar-refractivity contribution is 0.403. The Morgan fingerprint density at radius 2 is 2.00 bits per heavy atom. The first kappa shape index (κ1) is 14.8. The van der Waals surface area contributed by atoms with Crippen LogP contribution >= 0.6 is 11.8 Å². The van der Waals surface area contributed by atoms with E-state index in [1.165, 1.54) is 39.2 Å². The highest BCUT2D eigenvalue weighted by Gasteiger charge is 2.18. The van der Waals surface area contributed by atoms with Crippen LogP contribution in [0.25, 0.3) is 0 Å². The quantitative estimate of drug-likeness (QED) is 0.809. The molecule has 1 aromatic carbocycles. The van der Waals surface area contributed by atoms with Crippen LogP contribution < -0.4 is 10.2 Å². The molecule has 0 aromatic heterocycles. The highest BCUT2D eigenvalue weighted by molar-refractivity contribution is 7.99. The smallest absolute Gasteiger partial charge is 0.492 e. The number of methoxy groups -OCH3 is 1. The molecule has 104 valence electrons. The summed E-state index contributed by atoms with van der Waals surface area (Å²) in [6.45, 7) is 0. The van der Waals surface area contributed by atoms with Gasteiger partial charge in [-0.3, -0.25) is 0 Å². The van der Waals surface area contributed by atoms with Crippen molar-refractivity contribution in [2.24, 2.45) is 0 Å². The largest absolute Gasteiger partial charge is 0.497 e. The molecule has 1 aliphatic rings. The van der Waals surface area contributed by atoms with Crippen LogP contribution in [0.1, 0.15) is 37.7 Å². The van der Waals surface area contributed by atoms with Gasteiger partial charge < -0.3 is 14.8 Å². The molecule has 0 saturated heterocycles. The maximum atomic E-state index is 9.35. The van der Waals surface area contributed by atoms with E-state index < -0.39 is 7.12 Å². The van der Waals surface area contributed by atoms with Crippen LogP contribution in [0.4, 0.5) is 0 Å². The van der Waals surface area contributed by atoms with Gasteiger partial charge >= 0.3 is 7.12 Å². The molecule has 0 aliphatic heterocycles. The molecule has 0 atom stereocenters. The Balaban J connectivity index is 1.98. The Hall–Kier alpha value is -0.645. The van der Waals surface area contributed by atoms with Crippen LogP contribution in [0, 0.1) is 0 Å². The molecule has 0 spiro atoms. The summed E-state index contributed by atoms with van der Waals surface area (Å²) in [5.74, 6) is 1.45. The van der Waals surface area contributed by atoms with Crippen molar-refractivity contribution in [1.29, 1.82) is 0 Å². The van der Waals surface area contributed by atoms with Crippen molar-refractivity contribution >= 4 is 24.3 Å². The lowest BCUT2D eigenvalue weighted by Crippen LogP contribution is -2.31. The number of ether oxygens (including phenoxy) is 1. The number of benzene rings is 1. The second-order valence-corrected chi connectivity index (χ2v) is 6.31. The van der Waals surface area contributed by atoms with Crippen molar-refractivity contribution in [1.82, 2.24) is 0 Å².